The van der Waals surface area contributed by atoms with E-state index < -0.39 is 5.82 Å². The highest BCUT2D eigenvalue weighted by atomic mass is 79.9. The van der Waals surface area contributed by atoms with Gasteiger partial charge in [-0.05, 0) is 41.8 Å². The number of rotatable bonds is 4. The maximum Gasteiger partial charge on any atom is 0.141 e. The molecule has 106 valence electrons. The van der Waals surface area contributed by atoms with Crippen LogP contribution in [0.5, 0.6) is 0 Å². The third-order valence-electron chi connectivity index (χ3n) is 2.99. The summed E-state index contributed by atoms with van der Waals surface area (Å²) in [5.41, 5.74) is 4.30. The smallest absolute Gasteiger partial charge is 0.141 e. The SMILES string of the molecule is NNC(Cc1ccc(F)cc1Br)c1ccc(F)c(Cl)c1. The molecule has 1 unspecified atom stereocenters. The fourth-order valence-corrected chi connectivity index (χ4v) is 2.61. The van der Waals surface area contributed by atoms with Crippen LogP contribution in [0.25, 0.3) is 0 Å². The molecule has 2 aromatic rings. The lowest BCUT2D eigenvalue weighted by atomic mass is 9.99. The van der Waals surface area contributed by atoms with Crippen molar-refractivity contribution >= 4 is 27.5 Å². The Morgan fingerprint density at radius 3 is 2.55 bits per heavy atom. The zero-order valence-electron chi connectivity index (χ0n) is 10.3. The zero-order chi connectivity index (χ0) is 14.7. The van der Waals surface area contributed by atoms with Gasteiger partial charge in [0.1, 0.15) is 11.6 Å². The second-order valence-corrected chi connectivity index (χ2v) is 5.59. The van der Waals surface area contributed by atoms with Gasteiger partial charge >= 0.3 is 0 Å². The maximum absolute atomic E-state index is 13.2. The van der Waals surface area contributed by atoms with Crippen LogP contribution in [0.1, 0.15) is 17.2 Å². The fraction of sp³-hybridized carbons (Fsp3) is 0.143. The first-order valence-corrected chi connectivity index (χ1v) is 7.03. The summed E-state index contributed by atoms with van der Waals surface area (Å²) in [6.07, 6.45) is 0.513. The van der Waals surface area contributed by atoms with Gasteiger partial charge in [-0.2, -0.15) is 0 Å². The summed E-state index contributed by atoms with van der Waals surface area (Å²) in [4.78, 5) is 0. The molecule has 2 rings (SSSR count). The van der Waals surface area contributed by atoms with E-state index in [9.17, 15) is 8.78 Å². The van der Waals surface area contributed by atoms with Crippen molar-refractivity contribution < 1.29 is 8.78 Å². The molecule has 0 bridgehead atoms. The van der Waals surface area contributed by atoms with Gasteiger partial charge in [0.05, 0.1) is 11.1 Å². The third-order valence-corrected chi connectivity index (χ3v) is 4.01. The number of benzene rings is 2. The molecule has 0 fully saturated rings. The molecule has 6 heteroatoms. The molecule has 0 radical (unpaired) electrons. The first-order chi connectivity index (χ1) is 9.51. The second kappa shape index (κ2) is 6.63. The molecule has 0 heterocycles. The van der Waals surface area contributed by atoms with E-state index in [0.717, 1.165) is 11.1 Å². The Labute approximate surface area is 129 Å². The number of nitrogens with two attached hydrogens (primary N) is 1. The Bertz CT molecular complexity index is 622. The molecular formula is C14H12BrClF2N2. The molecule has 0 amide bonds. The summed E-state index contributed by atoms with van der Waals surface area (Å²) < 4.78 is 26.9. The molecule has 3 N–H and O–H groups in total. The molecule has 0 saturated carbocycles. The van der Waals surface area contributed by atoms with Crippen molar-refractivity contribution in [1.29, 1.82) is 0 Å². The highest BCUT2D eigenvalue weighted by molar-refractivity contribution is 9.10. The molecule has 2 aromatic carbocycles. The van der Waals surface area contributed by atoms with Gasteiger partial charge in [-0.15, -0.1) is 0 Å². The lowest BCUT2D eigenvalue weighted by molar-refractivity contribution is 0.547. The molecule has 0 spiro atoms. The summed E-state index contributed by atoms with van der Waals surface area (Å²) in [6, 6.07) is 8.62. The van der Waals surface area contributed by atoms with Crippen LogP contribution in [-0.4, -0.2) is 0 Å². The van der Waals surface area contributed by atoms with Gasteiger partial charge in [0.15, 0.2) is 0 Å². The third kappa shape index (κ3) is 3.55. The predicted molar refractivity (Wildman–Crippen MR) is 79.3 cm³/mol. The first-order valence-electron chi connectivity index (χ1n) is 5.86. The second-order valence-electron chi connectivity index (χ2n) is 4.33. The van der Waals surface area contributed by atoms with E-state index in [1.807, 2.05) is 0 Å². The van der Waals surface area contributed by atoms with Crippen molar-refractivity contribution in [2.45, 2.75) is 12.5 Å². The van der Waals surface area contributed by atoms with Gasteiger partial charge in [0, 0.05) is 4.47 Å². The Hall–Kier alpha value is -1.01. The Morgan fingerprint density at radius 1 is 1.20 bits per heavy atom. The van der Waals surface area contributed by atoms with Crippen LogP contribution in [0.2, 0.25) is 5.02 Å². The Kier molecular flexibility index (Phi) is 5.10. The predicted octanol–water partition coefficient (Wildman–Crippen LogP) is 4.13. The zero-order valence-corrected chi connectivity index (χ0v) is 12.7. The fourth-order valence-electron chi connectivity index (χ4n) is 1.91. The minimum absolute atomic E-state index is 0.0425. The van der Waals surface area contributed by atoms with Gasteiger partial charge in [0.2, 0.25) is 0 Å². The monoisotopic (exact) mass is 360 g/mol. The highest BCUT2D eigenvalue weighted by Crippen LogP contribution is 2.26. The largest absolute Gasteiger partial charge is 0.271 e. The van der Waals surface area contributed by atoms with E-state index >= 15 is 0 Å². The molecule has 0 aliphatic carbocycles. The van der Waals surface area contributed by atoms with Crippen molar-refractivity contribution in [3.05, 3.63) is 68.7 Å². The van der Waals surface area contributed by atoms with Crippen LogP contribution >= 0.6 is 27.5 Å². The normalized spacial score (nSPS) is 12.4. The standard InChI is InChI=1S/C14H12BrClF2N2/c15-11-7-10(17)3-1-8(11)6-14(20-19)9-2-4-13(18)12(16)5-9/h1-5,7,14,20H,6,19H2. The van der Waals surface area contributed by atoms with E-state index in [1.165, 1.54) is 24.3 Å². The van der Waals surface area contributed by atoms with Crippen molar-refractivity contribution in [1.82, 2.24) is 5.43 Å². The van der Waals surface area contributed by atoms with E-state index in [-0.39, 0.29) is 16.9 Å². The van der Waals surface area contributed by atoms with Crippen molar-refractivity contribution in [2.24, 2.45) is 5.84 Å². The lowest BCUT2D eigenvalue weighted by Gasteiger charge is -2.17. The molecule has 0 aliphatic heterocycles. The van der Waals surface area contributed by atoms with Crippen LogP contribution in [0.4, 0.5) is 8.78 Å². The van der Waals surface area contributed by atoms with Gasteiger partial charge in [-0.1, -0.05) is 39.7 Å². The number of hydrogen-bond acceptors (Lipinski definition) is 2. The topological polar surface area (TPSA) is 38.0 Å². The number of hydrazine groups is 1. The summed E-state index contributed by atoms with van der Waals surface area (Å²) in [5.74, 6) is 4.75. The van der Waals surface area contributed by atoms with E-state index in [4.69, 9.17) is 17.4 Å². The van der Waals surface area contributed by atoms with Crippen molar-refractivity contribution in [3.8, 4) is 0 Å². The summed E-state index contributed by atoms with van der Waals surface area (Å²) in [6.45, 7) is 0. The van der Waals surface area contributed by atoms with Crippen molar-refractivity contribution in [2.75, 3.05) is 0 Å². The van der Waals surface area contributed by atoms with Crippen LogP contribution in [-0.2, 0) is 6.42 Å². The number of nitrogens with one attached hydrogen (secondary N) is 1. The molecule has 1 atom stereocenters. The van der Waals surface area contributed by atoms with Crippen LogP contribution in [0.15, 0.2) is 40.9 Å². The summed E-state index contributed by atoms with van der Waals surface area (Å²) >= 11 is 9.08. The number of halogens is 4. The Morgan fingerprint density at radius 2 is 1.95 bits per heavy atom. The molecular weight excluding hydrogens is 350 g/mol. The molecule has 0 saturated heterocycles. The van der Waals surface area contributed by atoms with Crippen LogP contribution < -0.4 is 11.3 Å². The average Bonchev–Trinajstić information content (AvgIpc) is 2.41. The molecule has 20 heavy (non-hydrogen) atoms. The molecule has 2 nitrogen and oxygen atoms in total. The molecule has 0 aliphatic rings. The van der Waals surface area contributed by atoms with Gasteiger partial charge < -0.3 is 0 Å². The first kappa shape index (κ1) is 15.4. The number of hydrogen-bond donors (Lipinski definition) is 2. The van der Waals surface area contributed by atoms with E-state index in [2.05, 4.69) is 21.4 Å². The van der Waals surface area contributed by atoms with Gasteiger partial charge in [0.25, 0.3) is 0 Å². The minimum atomic E-state index is -0.478. The minimum Gasteiger partial charge on any atom is -0.271 e. The molecule has 0 aromatic heterocycles. The lowest BCUT2D eigenvalue weighted by Crippen LogP contribution is -2.29. The highest BCUT2D eigenvalue weighted by Gasteiger charge is 2.14. The quantitative estimate of drug-likeness (QED) is 0.635. The average molecular weight is 362 g/mol. The Balaban J connectivity index is 2.26. The summed E-state index contributed by atoms with van der Waals surface area (Å²) in [5, 5.41) is 0.0425. The van der Waals surface area contributed by atoms with Crippen molar-refractivity contribution in [3.63, 3.8) is 0 Å². The maximum atomic E-state index is 13.2. The van der Waals surface area contributed by atoms with Gasteiger partial charge in [-0.3, -0.25) is 11.3 Å². The van der Waals surface area contributed by atoms with Crippen LogP contribution in [0.3, 0.4) is 0 Å². The van der Waals surface area contributed by atoms with E-state index in [1.54, 1.807) is 12.1 Å². The van der Waals surface area contributed by atoms with Gasteiger partial charge in [-0.25, -0.2) is 8.78 Å². The van der Waals surface area contributed by atoms with Crippen LogP contribution in [0, 0.1) is 11.6 Å². The summed E-state index contributed by atoms with van der Waals surface area (Å²) in [7, 11) is 0. The van der Waals surface area contributed by atoms with E-state index in [0.29, 0.717) is 10.9 Å².